The van der Waals surface area contributed by atoms with Crippen LogP contribution < -0.4 is 15.0 Å². The van der Waals surface area contributed by atoms with E-state index in [1.54, 1.807) is 17.6 Å². The second-order valence-corrected chi connectivity index (χ2v) is 5.20. The Labute approximate surface area is 123 Å². The number of nitrogens with one attached hydrogen (secondary N) is 1. The molecule has 0 saturated carbocycles. The van der Waals surface area contributed by atoms with Crippen LogP contribution in [0.3, 0.4) is 0 Å². The number of aromatic hydroxyl groups is 1. The highest BCUT2D eigenvalue weighted by Gasteiger charge is 2.27. The summed E-state index contributed by atoms with van der Waals surface area (Å²) in [5.41, 5.74) is 0.457. The van der Waals surface area contributed by atoms with Crippen molar-refractivity contribution in [2.24, 2.45) is 0 Å². The monoisotopic (exact) mass is 305 g/mol. The van der Waals surface area contributed by atoms with Crippen LogP contribution in [0, 0.1) is 0 Å². The van der Waals surface area contributed by atoms with E-state index in [4.69, 9.17) is 4.74 Å². The lowest BCUT2D eigenvalue weighted by Gasteiger charge is -2.28. The van der Waals surface area contributed by atoms with Gasteiger partial charge < -0.3 is 15.2 Å². The number of hydrogen-bond acceptors (Lipinski definition) is 6. The Hall–Kier alpha value is -2.61. The van der Waals surface area contributed by atoms with Crippen LogP contribution in [-0.2, 0) is 9.59 Å². The van der Waals surface area contributed by atoms with Crippen LogP contribution in [0.15, 0.2) is 29.8 Å². The van der Waals surface area contributed by atoms with Crippen LogP contribution in [0.25, 0.3) is 0 Å². The molecule has 21 heavy (non-hydrogen) atoms. The van der Waals surface area contributed by atoms with Crippen molar-refractivity contribution in [3.8, 4) is 11.5 Å². The van der Waals surface area contributed by atoms with E-state index in [0.29, 0.717) is 16.6 Å². The third kappa shape index (κ3) is 2.79. The second kappa shape index (κ2) is 5.41. The summed E-state index contributed by atoms with van der Waals surface area (Å²) in [5.74, 6) is -0.256. The summed E-state index contributed by atoms with van der Waals surface area (Å²) < 4.78 is 5.24. The predicted octanol–water partition coefficient (Wildman–Crippen LogP) is 1.21. The number of ether oxygens (including phenoxy) is 1. The van der Waals surface area contributed by atoms with Gasteiger partial charge in [-0.15, -0.1) is 11.3 Å². The molecule has 3 rings (SSSR count). The third-order valence-electron chi connectivity index (χ3n) is 2.87. The van der Waals surface area contributed by atoms with E-state index in [0.717, 1.165) is 0 Å². The minimum absolute atomic E-state index is 0.0373. The topological polar surface area (TPSA) is 91.8 Å². The fourth-order valence-electron chi connectivity index (χ4n) is 1.95. The molecular formula is C13H11N3O4S. The number of carbonyl (C=O) groups excluding carboxylic acids is 2. The molecule has 1 aromatic heterocycles. The summed E-state index contributed by atoms with van der Waals surface area (Å²) in [6, 6.07) is 4.39. The first kappa shape index (κ1) is 13.4. The first-order valence-corrected chi connectivity index (χ1v) is 6.97. The lowest BCUT2D eigenvalue weighted by molar-refractivity contribution is -0.123. The smallest absolute Gasteiger partial charge is 0.265 e. The maximum absolute atomic E-state index is 12.0. The number of fused-ring (bicyclic) bond motifs is 1. The number of rotatable bonds is 3. The number of hydrogen-bond donors (Lipinski definition) is 2. The highest BCUT2D eigenvalue weighted by atomic mass is 32.1. The predicted molar refractivity (Wildman–Crippen MR) is 76.7 cm³/mol. The van der Waals surface area contributed by atoms with Crippen molar-refractivity contribution in [3.63, 3.8) is 0 Å². The Morgan fingerprint density at radius 3 is 3.14 bits per heavy atom. The normalized spacial score (nSPS) is 13.5. The summed E-state index contributed by atoms with van der Waals surface area (Å²) in [5, 5.41) is 14.3. The maximum Gasteiger partial charge on any atom is 0.265 e. The minimum atomic E-state index is -0.348. The average molecular weight is 305 g/mol. The van der Waals surface area contributed by atoms with Gasteiger partial charge in [0.2, 0.25) is 5.91 Å². The molecule has 1 aromatic carbocycles. The van der Waals surface area contributed by atoms with E-state index in [2.05, 4.69) is 10.3 Å². The lowest BCUT2D eigenvalue weighted by atomic mass is 10.2. The first-order valence-electron chi connectivity index (χ1n) is 6.09. The second-order valence-electron chi connectivity index (χ2n) is 4.31. The standard InChI is InChI=1S/C13H11N3O4S/c17-8-1-2-9-10(5-8)20-7-12(19)16(9)6-11(18)15-13-14-3-4-21-13/h1-5,17H,6-7H2,(H,14,15,18). The molecular weight excluding hydrogens is 294 g/mol. The van der Waals surface area contributed by atoms with E-state index in [1.807, 2.05) is 0 Å². The van der Waals surface area contributed by atoms with Gasteiger partial charge in [0.1, 0.15) is 18.0 Å². The molecule has 2 amide bonds. The van der Waals surface area contributed by atoms with Crippen LogP contribution in [0.1, 0.15) is 0 Å². The summed E-state index contributed by atoms with van der Waals surface area (Å²) in [6.45, 7) is -0.305. The zero-order valence-electron chi connectivity index (χ0n) is 10.8. The van der Waals surface area contributed by atoms with Crippen molar-refractivity contribution < 1.29 is 19.4 Å². The molecule has 7 nitrogen and oxygen atoms in total. The van der Waals surface area contributed by atoms with Crippen molar-refractivity contribution in [2.45, 2.75) is 0 Å². The molecule has 0 radical (unpaired) electrons. The zero-order chi connectivity index (χ0) is 14.8. The molecule has 0 saturated heterocycles. The maximum atomic E-state index is 12.0. The summed E-state index contributed by atoms with van der Waals surface area (Å²) in [4.78, 5) is 29.2. The molecule has 0 bridgehead atoms. The van der Waals surface area contributed by atoms with Gasteiger partial charge in [-0.3, -0.25) is 14.5 Å². The largest absolute Gasteiger partial charge is 0.508 e. The molecule has 2 heterocycles. The van der Waals surface area contributed by atoms with Gasteiger partial charge >= 0.3 is 0 Å². The molecule has 2 N–H and O–H groups in total. The number of carbonyl (C=O) groups is 2. The van der Waals surface area contributed by atoms with E-state index in [9.17, 15) is 14.7 Å². The fraction of sp³-hybridized carbons (Fsp3) is 0.154. The van der Waals surface area contributed by atoms with Gasteiger partial charge in [-0.25, -0.2) is 4.98 Å². The van der Waals surface area contributed by atoms with Crippen LogP contribution in [0.2, 0.25) is 0 Å². The van der Waals surface area contributed by atoms with Crippen molar-refractivity contribution in [1.82, 2.24) is 4.98 Å². The summed E-state index contributed by atoms with van der Waals surface area (Å²) in [7, 11) is 0. The number of amides is 2. The molecule has 0 atom stereocenters. The number of benzene rings is 1. The highest BCUT2D eigenvalue weighted by Crippen LogP contribution is 2.34. The average Bonchev–Trinajstić information content (AvgIpc) is 2.95. The Morgan fingerprint density at radius 1 is 1.52 bits per heavy atom. The van der Waals surface area contributed by atoms with Crippen molar-refractivity contribution >= 4 is 34.0 Å². The molecule has 1 aliphatic heterocycles. The van der Waals surface area contributed by atoms with Crippen LogP contribution in [0.5, 0.6) is 11.5 Å². The number of anilines is 2. The zero-order valence-corrected chi connectivity index (χ0v) is 11.6. The Bertz CT molecular complexity index is 687. The first-order chi connectivity index (χ1) is 10.1. The molecule has 0 spiro atoms. The van der Waals surface area contributed by atoms with Gasteiger partial charge in [0, 0.05) is 17.6 Å². The Balaban J connectivity index is 1.78. The Morgan fingerprint density at radius 2 is 2.38 bits per heavy atom. The van der Waals surface area contributed by atoms with Gasteiger partial charge in [-0.1, -0.05) is 0 Å². The van der Waals surface area contributed by atoms with Gasteiger partial charge in [-0.2, -0.15) is 0 Å². The van der Waals surface area contributed by atoms with Gasteiger partial charge in [-0.05, 0) is 12.1 Å². The molecule has 0 unspecified atom stereocenters. The van der Waals surface area contributed by atoms with Crippen molar-refractivity contribution in [1.29, 1.82) is 0 Å². The van der Waals surface area contributed by atoms with E-state index >= 15 is 0 Å². The molecule has 2 aromatic rings. The minimum Gasteiger partial charge on any atom is -0.508 e. The molecule has 1 aliphatic rings. The SMILES string of the molecule is O=C(CN1C(=O)COc2cc(O)ccc21)Nc1nccs1. The van der Waals surface area contributed by atoms with Crippen LogP contribution in [0.4, 0.5) is 10.8 Å². The number of phenols is 1. The molecule has 0 fully saturated rings. The van der Waals surface area contributed by atoms with E-state index in [-0.39, 0.29) is 30.7 Å². The molecule has 8 heteroatoms. The molecule has 0 aliphatic carbocycles. The van der Waals surface area contributed by atoms with Gasteiger partial charge in [0.25, 0.3) is 5.91 Å². The number of aromatic nitrogens is 1. The third-order valence-corrected chi connectivity index (χ3v) is 3.56. The number of phenolic OH excluding ortho intramolecular Hbond substituents is 1. The van der Waals surface area contributed by atoms with Crippen molar-refractivity contribution in [2.75, 3.05) is 23.4 Å². The summed E-state index contributed by atoms with van der Waals surface area (Å²) in [6.07, 6.45) is 1.58. The lowest BCUT2D eigenvalue weighted by Crippen LogP contribution is -2.43. The van der Waals surface area contributed by atoms with Gasteiger partial charge in [0.15, 0.2) is 11.7 Å². The highest BCUT2D eigenvalue weighted by molar-refractivity contribution is 7.13. The van der Waals surface area contributed by atoms with E-state index < -0.39 is 0 Å². The Kier molecular flexibility index (Phi) is 3.44. The number of nitrogens with zero attached hydrogens (tertiary/aromatic N) is 2. The fourth-order valence-corrected chi connectivity index (χ4v) is 2.50. The molecule has 108 valence electrons. The van der Waals surface area contributed by atoms with Crippen LogP contribution >= 0.6 is 11.3 Å². The van der Waals surface area contributed by atoms with E-state index in [1.165, 1.54) is 28.4 Å². The van der Waals surface area contributed by atoms with Gasteiger partial charge in [0.05, 0.1) is 5.69 Å². The quantitative estimate of drug-likeness (QED) is 0.889. The van der Waals surface area contributed by atoms with Crippen molar-refractivity contribution in [3.05, 3.63) is 29.8 Å². The summed E-state index contributed by atoms with van der Waals surface area (Å²) >= 11 is 1.30. The number of thiazole rings is 1. The van der Waals surface area contributed by atoms with Crippen LogP contribution in [-0.4, -0.2) is 35.1 Å².